The van der Waals surface area contributed by atoms with Gasteiger partial charge in [0.25, 0.3) is 0 Å². The van der Waals surface area contributed by atoms with Crippen molar-refractivity contribution in [2.24, 2.45) is 0 Å². The molecule has 0 saturated carbocycles. The lowest BCUT2D eigenvalue weighted by Gasteiger charge is -2.01. The van der Waals surface area contributed by atoms with Crippen molar-refractivity contribution in [2.45, 2.75) is 0 Å². The molecule has 0 unspecified atom stereocenters. The molecule has 13 heavy (non-hydrogen) atoms. The maximum Gasteiger partial charge on any atom is 0.338 e. The summed E-state index contributed by atoms with van der Waals surface area (Å²) < 4.78 is 37.9. The maximum absolute atomic E-state index is 12.7. The second-order valence-corrected chi connectivity index (χ2v) is 2.53. The van der Waals surface area contributed by atoms with Gasteiger partial charge in [-0.3, -0.25) is 0 Å². The van der Waals surface area contributed by atoms with Crippen molar-refractivity contribution in [1.82, 2.24) is 0 Å². The number of hydrogen-bond acceptors (Lipinski definition) is 1. The first-order chi connectivity index (χ1) is 5.95. The van der Waals surface area contributed by atoms with Crippen LogP contribution in [0.15, 0.2) is 6.07 Å². The van der Waals surface area contributed by atoms with Crippen LogP contribution >= 0.6 is 11.6 Å². The third kappa shape index (κ3) is 1.60. The molecule has 1 N–H and O–H groups in total. The summed E-state index contributed by atoms with van der Waals surface area (Å²) >= 11 is 4.98. The third-order valence-corrected chi connectivity index (χ3v) is 1.68. The van der Waals surface area contributed by atoms with Crippen LogP contribution in [0, 0.1) is 17.5 Å². The molecular weight excluding hydrogens is 209 g/mol. The van der Waals surface area contributed by atoms with Gasteiger partial charge in [-0.1, -0.05) is 11.6 Å². The van der Waals surface area contributed by atoms with E-state index in [1.807, 2.05) is 0 Å². The zero-order valence-corrected chi connectivity index (χ0v) is 6.70. The summed E-state index contributed by atoms with van der Waals surface area (Å²) in [6, 6.07) is 0.322. The Kier molecular flexibility index (Phi) is 2.47. The van der Waals surface area contributed by atoms with Crippen LogP contribution in [0.4, 0.5) is 13.2 Å². The van der Waals surface area contributed by atoms with E-state index in [4.69, 9.17) is 16.7 Å². The first-order valence-electron chi connectivity index (χ1n) is 3.01. The highest BCUT2D eigenvalue weighted by atomic mass is 35.5. The molecule has 6 heteroatoms. The molecular formula is C7H2ClF3O2. The molecule has 0 aliphatic rings. The van der Waals surface area contributed by atoms with E-state index in [-0.39, 0.29) is 0 Å². The van der Waals surface area contributed by atoms with Gasteiger partial charge in [0, 0.05) is 0 Å². The number of carboxylic acid groups (broad SMARTS) is 1. The van der Waals surface area contributed by atoms with E-state index in [0.29, 0.717) is 6.07 Å². The number of aromatic carboxylic acids is 1. The minimum atomic E-state index is -1.76. The summed E-state index contributed by atoms with van der Waals surface area (Å²) in [6.45, 7) is 0. The molecule has 0 heterocycles. The molecule has 0 saturated heterocycles. The Labute approximate surface area is 75.6 Å². The van der Waals surface area contributed by atoms with Crippen LogP contribution in [-0.4, -0.2) is 11.1 Å². The van der Waals surface area contributed by atoms with Crippen LogP contribution in [0.25, 0.3) is 0 Å². The van der Waals surface area contributed by atoms with Gasteiger partial charge in [0.15, 0.2) is 11.6 Å². The van der Waals surface area contributed by atoms with E-state index in [0.717, 1.165) is 0 Å². The summed E-state index contributed by atoms with van der Waals surface area (Å²) in [5, 5.41) is 7.24. The lowest BCUT2D eigenvalue weighted by molar-refractivity contribution is 0.0690. The minimum Gasteiger partial charge on any atom is -0.478 e. The summed E-state index contributed by atoms with van der Waals surface area (Å²) in [4.78, 5) is 10.2. The molecule has 0 aliphatic heterocycles. The zero-order valence-electron chi connectivity index (χ0n) is 5.94. The van der Waals surface area contributed by atoms with Gasteiger partial charge in [0.1, 0.15) is 16.4 Å². The molecule has 0 radical (unpaired) electrons. The Morgan fingerprint density at radius 1 is 1.31 bits per heavy atom. The van der Waals surface area contributed by atoms with Gasteiger partial charge >= 0.3 is 5.97 Å². The van der Waals surface area contributed by atoms with Crippen molar-refractivity contribution < 1.29 is 23.1 Å². The Morgan fingerprint density at radius 2 is 1.85 bits per heavy atom. The minimum absolute atomic E-state index is 0.322. The van der Waals surface area contributed by atoms with Gasteiger partial charge in [0.2, 0.25) is 0 Å². The maximum atomic E-state index is 12.7. The molecule has 1 aromatic carbocycles. The summed E-state index contributed by atoms with van der Waals surface area (Å²) in [7, 11) is 0. The molecule has 0 aromatic heterocycles. The van der Waals surface area contributed by atoms with Crippen LogP contribution in [-0.2, 0) is 0 Å². The standard InChI is InChI=1S/C7H2ClF3O2/c8-4-3(9)1-2(7(12)13)5(10)6(4)11/h1H,(H,12,13). The van der Waals surface area contributed by atoms with Crippen LogP contribution in [0.5, 0.6) is 0 Å². The Bertz CT molecular complexity index is 378. The molecule has 70 valence electrons. The highest BCUT2D eigenvalue weighted by Gasteiger charge is 2.20. The largest absolute Gasteiger partial charge is 0.478 e. The Hall–Kier alpha value is -1.23. The van der Waals surface area contributed by atoms with Gasteiger partial charge in [-0.25, -0.2) is 18.0 Å². The normalized spacial score (nSPS) is 10.2. The predicted octanol–water partition coefficient (Wildman–Crippen LogP) is 2.46. The molecule has 0 aliphatic carbocycles. The molecule has 2 nitrogen and oxygen atoms in total. The predicted molar refractivity (Wildman–Crippen MR) is 38.3 cm³/mol. The van der Waals surface area contributed by atoms with E-state index < -0.39 is 34.0 Å². The van der Waals surface area contributed by atoms with Crippen molar-refractivity contribution in [3.63, 3.8) is 0 Å². The number of halogens is 4. The van der Waals surface area contributed by atoms with E-state index in [1.165, 1.54) is 0 Å². The fourth-order valence-corrected chi connectivity index (χ4v) is 0.866. The average Bonchev–Trinajstić information content (AvgIpc) is 2.07. The fourth-order valence-electron chi connectivity index (χ4n) is 0.728. The van der Waals surface area contributed by atoms with Crippen molar-refractivity contribution in [3.8, 4) is 0 Å². The van der Waals surface area contributed by atoms with Gasteiger partial charge < -0.3 is 5.11 Å². The monoisotopic (exact) mass is 210 g/mol. The number of rotatable bonds is 1. The van der Waals surface area contributed by atoms with E-state index in [1.54, 1.807) is 0 Å². The first kappa shape index (κ1) is 9.85. The summed E-state index contributed by atoms with van der Waals surface area (Å²) in [6.07, 6.45) is 0. The smallest absolute Gasteiger partial charge is 0.338 e. The molecule has 1 aromatic rings. The molecule has 0 bridgehead atoms. The topological polar surface area (TPSA) is 37.3 Å². The van der Waals surface area contributed by atoms with Gasteiger partial charge in [-0.15, -0.1) is 0 Å². The highest BCUT2D eigenvalue weighted by molar-refractivity contribution is 6.31. The van der Waals surface area contributed by atoms with Gasteiger partial charge in [0.05, 0.1) is 0 Å². The van der Waals surface area contributed by atoms with Crippen LogP contribution in [0.2, 0.25) is 5.02 Å². The van der Waals surface area contributed by atoms with Crippen molar-refractivity contribution in [1.29, 1.82) is 0 Å². The highest BCUT2D eigenvalue weighted by Crippen LogP contribution is 2.24. The fraction of sp³-hybridized carbons (Fsp3) is 0. The molecule has 0 amide bonds. The SMILES string of the molecule is O=C(O)c1cc(F)c(Cl)c(F)c1F. The van der Waals surface area contributed by atoms with Crippen LogP contribution in [0.1, 0.15) is 10.4 Å². The number of hydrogen-bond donors (Lipinski definition) is 1. The number of benzene rings is 1. The van der Waals surface area contributed by atoms with E-state index >= 15 is 0 Å². The van der Waals surface area contributed by atoms with Crippen molar-refractivity contribution in [2.75, 3.05) is 0 Å². The second kappa shape index (κ2) is 3.26. The summed E-state index contributed by atoms with van der Waals surface area (Å²) in [5.41, 5.74) is -1.08. The lowest BCUT2D eigenvalue weighted by atomic mass is 10.2. The number of carbonyl (C=O) groups is 1. The Balaban J connectivity index is 3.50. The van der Waals surface area contributed by atoms with Gasteiger partial charge in [-0.05, 0) is 6.07 Å². The lowest BCUT2D eigenvalue weighted by Crippen LogP contribution is -2.04. The molecule has 0 spiro atoms. The quantitative estimate of drug-likeness (QED) is 0.571. The van der Waals surface area contributed by atoms with E-state index in [2.05, 4.69) is 0 Å². The molecule has 0 fully saturated rings. The Morgan fingerprint density at radius 3 is 2.31 bits per heavy atom. The molecule has 1 rings (SSSR count). The second-order valence-electron chi connectivity index (χ2n) is 2.15. The number of carboxylic acids is 1. The first-order valence-corrected chi connectivity index (χ1v) is 3.39. The molecule has 0 atom stereocenters. The van der Waals surface area contributed by atoms with E-state index in [9.17, 15) is 18.0 Å². The zero-order chi connectivity index (χ0) is 10.2. The van der Waals surface area contributed by atoms with Crippen LogP contribution < -0.4 is 0 Å². The van der Waals surface area contributed by atoms with Crippen molar-refractivity contribution >= 4 is 17.6 Å². The van der Waals surface area contributed by atoms with Gasteiger partial charge in [-0.2, -0.15) is 0 Å². The van der Waals surface area contributed by atoms with Crippen LogP contribution in [0.3, 0.4) is 0 Å². The third-order valence-electron chi connectivity index (χ3n) is 1.33. The summed E-state index contributed by atoms with van der Waals surface area (Å²) in [5.74, 6) is -6.43. The average molecular weight is 211 g/mol. The van der Waals surface area contributed by atoms with Crippen molar-refractivity contribution in [3.05, 3.63) is 34.1 Å².